The third-order valence-corrected chi connectivity index (χ3v) is 3.85. The predicted octanol–water partition coefficient (Wildman–Crippen LogP) is 5.73. The highest BCUT2D eigenvalue weighted by atomic mass is 19.1. The Bertz CT molecular complexity index is 925. The number of rotatable bonds is 2. The fourth-order valence-electron chi connectivity index (χ4n) is 2.54. The Balaban J connectivity index is 2.05. The van der Waals surface area contributed by atoms with Crippen molar-refractivity contribution in [1.29, 1.82) is 0 Å². The van der Waals surface area contributed by atoms with Crippen LogP contribution in [0.5, 0.6) is 0 Å². The Morgan fingerprint density at radius 2 is 1.25 bits per heavy atom. The maximum atomic E-state index is 14.5. The van der Waals surface area contributed by atoms with Gasteiger partial charge in [-0.3, -0.25) is 0 Å². The van der Waals surface area contributed by atoms with Crippen molar-refractivity contribution in [2.24, 2.45) is 0 Å². The number of halogens is 3. The van der Waals surface area contributed by atoms with Gasteiger partial charge in [0.25, 0.3) is 0 Å². The largest absolute Gasteiger partial charge is 0.206 e. The minimum Gasteiger partial charge on any atom is -0.206 e. The molecule has 0 saturated carbocycles. The number of terminal acetylenes is 1. The summed E-state index contributed by atoms with van der Waals surface area (Å²) in [5.41, 5.74) is 2.44. The molecule has 0 amide bonds. The maximum absolute atomic E-state index is 14.5. The second-order valence-corrected chi connectivity index (χ2v) is 5.52. The Morgan fingerprint density at radius 1 is 0.708 bits per heavy atom. The monoisotopic (exact) mass is 322 g/mol. The fourth-order valence-corrected chi connectivity index (χ4v) is 2.54. The van der Waals surface area contributed by atoms with Crippen molar-refractivity contribution in [2.75, 3.05) is 0 Å². The Labute approximate surface area is 138 Å². The van der Waals surface area contributed by atoms with Crippen LogP contribution in [-0.2, 0) is 0 Å². The molecule has 24 heavy (non-hydrogen) atoms. The van der Waals surface area contributed by atoms with Crippen LogP contribution in [0.15, 0.2) is 54.6 Å². The first-order valence-electron chi connectivity index (χ1n) is 7.32. The van der Waals surface area contributed by atoms with E-state index in [9.17, 15) is 13.2 Å². The van der Waals surface area contributed by atoms with Crippen LogP contribution in [0.1, 0.15) is 11.1 Å². The number of hydrogen-bond acceptors (Lipinski definition) is 0. The van der Waals surface area contributed by atoms with Gasteiger partial charge in [-0.15, -0.1) is 6.42 Å². The van der Waals surface area contributed by atoms with Gasteiger partial charge in [-0.1, -0.05) is 47.9 Å². The molecule has 0 radical (unpaired) electrons. The van der Waals surface area contributed by atoms with Crippen LogP contribution < -0.4 is 0 Å². The summed E-state index contributed by atoms with van der Waals surface area (Å²) in [4.78, 5) is 0. The molecule has 3 rings (SSSR count). The van der Waals surface area contributed by atoms with Gasteiger partial charge in [0.05, 0.1) is 5.56 Å². The molecule has 0 aliphatic heterocycles. The summed E-state index contributed by atoms with van der Waals surface area (Å²) in [5.74, 6) is -0.367. The maximum Gasteiger partial charge on any atom is 0.142 e. The molecular weight excluding hydrogens is 309 g/mol. The van der Waals surface area contributed by atoms with Gasteiger partial charge in [0.2, 0.25) is 0 Å². The van der Waals surface area contributed by atoms with E-state index in [0.717, 1.165) is 23.3 Å². The second-order valence-electron chi connectivity index (χ2n) is 5.52. The first kappa shape index (κ1) is 15.9. The quantitative estimate of drug-likeness (QED) is 0.529. The average Bonchev–Trinajstić information content (AvgIpc) is 2.55. The average molecular weight is 322 g/mol. The summed E-state index contributed by atoms with van der Waals surface area (Å²) in [6.07, 6.45) is 5.06. The van der Waals surface area contributed by atoms with Crippen LogP contribution in [-0.4, -0.2) is 0 Å². The molecule has 3 aromatic rings. The molecule has 118 valence electrons. The molecule has 0 aromatic heterocycles. The standard InChI is InChI=1S/C21H13F3/c1-3-17-19(22)11-16(12-20(17)23)18-9-8-15(10-21(18)24)14-6-4-13(2)5-7-14/h1,4-12H,2H3. The Morgan fingerprint density at radius 3 is 1.79 bits per heavy atom. The van der Waals surface area contributed by atoms with Gasteiger partial charge in [0.1, 0.15) is 17.5 Å². The Hall–Kier alpha value is -2.99. The van der Waals surface area contributed by atoms with E-state index in [0.29, 0.717) is 5.56 Å². The van der Waals surface area contributed by atoms with Gasteiger partial charge in [-0.2, -0.15) is 0 Å². The van der Waals surface area contributed by atoms with E-state index in [1.54, 1.807) is 6.07 Å². The lowest BCUT2D eigenvalue weighted by Gasteiger charge is -2.09. The molecule has 0 unspecified atom stereocenters. The molecule has 0 spiro atoms. The first-order chi connectivity index (χ1) is 11.5. The van der Waals surface area contributed by atoms with Crippen LogP contribution in [0.4, 0.5) is 13.2 Å². The van der Waals surface area contributed by atoms with E-state index in [4.69, 9.17) is 6.42 Å². The second kappa shape index (κ2) is 6.25. The third kappa shape index (κ3) is 2.91. The summed E-state index contributed by atoms with van der Waals surface area (Å²) < 4.78 is 42.1. The Kier molecular flexibility index (Phi) is 4.14. The van der Waals surface area contributed by atoms with Crippen molar-refractivity contribution < 1.29 is 13.2 Å². The third-order valence-electron chi connectivity index (χ3n) is 3.85. The predicted molar refractivity (Wildman–Crippen MR) is 89.9 cm³/mol. The van der Waals surface area contributed by atoms with Crippen molar-refractivity contribution in [3.63, 3.8) is 0 Å². The van der Waals surface area contributed by atoms with Crippen molar-refractivity contribution >= 4 is 0 Å². The van der Waals surface area contributed by atoms with Crippen molar-refractivity contribution in [3.05, 3.63) is 83.2 Å². The van der Waals surface area contributed by atoms with E-state index in [2.05, 4.69) is 0 Å². The zero-order chi connectivity index (χ0) is 17.3. The van der Waals surface area contributed by atoms with Crippen LogP contribution in [0, 0.1) is 36.7 Å². The molecule has 0 saturated heterocycles. The lowest BCUT2D eigenvalue weighted by atomic mass is 9.98. The first-order valence-corrected chi connectivity index (χ1v) is 7.32. The molecular formula is C21H13F3. The number of aryl methyl sites for hydroxylation is 1. The molecule has 3 aromatic carbocycles. The van der Waals surface area contributed by atoms with Gasteiger partial charge in [0.15, 0.2) is 0 Å². The van der Waals surface area contributed by atoms with Crippen LogP contribution in [0.3, 0.4) is 0 Å². The summed E-state index contributed by atoms with van der Waals surface area (Å²) in [6, 6.07) is 14.3. The minimum atomic E-state index is -0.880. The fraction of sp³-hybridized carbons (Fsp3) is 0.0476. The molecule has 0 atom stereocenters. The van der Waals surface area contributed by atoms with Crippen LogP contribution in [0.25, 0.3) is 22.3 Å². The summed E-state index contributed by atoms with van der Waals surface area (Å²) >= 11 is 0. The molecule has 0 aliphatic rings. The molecule has 0 N–H and O–H groups in total. The van der Waals surface area contributed by atoms with Gasteiger partial charge < -0.3 is 0 Å². The molecule has 0 bridgehead atoms. The van der Waals surface area contributed by atoms with Gasteiger partial charge in [0, 0.05) is 5.56 Å². The topological polar surface area (TPSA) is 0 Å². The van der Waals surface area contributed by atoms with E-state index in [1.807, 2.05) is 37.1 Å². The molecule has 0 fully saturated rings. The molecule has 0 aliphatic carbocycles. The van der Waals surface area contributed by atoms with E-state index in [-0.39, 0.29) is 11.1 Å². The minimum absolute atomic E-state index is 0.108. The zero-order valence-electron chi connectivity index (χ0n) is 12.9. The van der Waals surface area contributed by atoms with Crippen LogP contribution in [0.2, 0.25) is 0 Å². The van der Waals surface area contributed by atoms with E-state index < -0.39 is 23.0 Å². The SMILES string of the molecule is C#Cc1c(F)cc(-c2ccc(-c3ccc(C)cc3)cc2F)cc1F. The van der Waals surface area contributed by atoms with Crippen molar-refractivity contribution in [3.8, 4) is 34.6 Å². The van der Waals surface area contributed by atoms with Crippen molar-refractivity contribution in [2.45, 2.75) is 6.92 Å². The van der Waals surface area contributed by atoms with Gasteiger partial charge in [-0.25, -0.2) is 13.2 Å². The zero-order valence-corrected chi connectivity index (χ0v) is 12.9. The molecule has 0 nitrogen and oxygen atoms in total. The molecule has 3 heteroatoms. The van der Waals surface area contributed by atoms with Gasteiger partial charge in [-0.05, 0) is 41.8 Å². The highest BCUT2D eigenvalue weighted by Crippen LogP contribution is 2.30. The number of benzene rings is 3. The highest BCUT2D eigenvalue weighted by molar-refractivity contribution is 5.71. The summed E-state index contributed by atoms with van der Waals surface area (Å²) in [5, 5.41) is 0. The summed E-state index contributed by atoms with van der Waals surface area (Å²) in [7, 11) is 0. The highest BCUT2D eigenvalue weighted by Gasteiger charge is 2.13. The lowest BCUT2D eigenvalue weighted by molar-refractivity contribution is 0.578. The van der Waals surface area contributed by atoms with Crippen molar-refractivity contribution in [1.82, 2.24) is 0 Å². The van der Waals surface area contributed by atoms with Gasteiger partial charge >= 0.3 is 0 Å². The van der Waals surface area contributed by atoms with E-state index in [1.165, 1.54) is 12.1 Å². The smallest absolute Gasteiger partial charge is 0.142 e. The van der Waals surface area contributed by atoms with E-state index >= 15 is 0 Å². The van der Waals surface area contributed by atoms with Crippen LogP contribution >= 0.6 is 0 Å². The normalized spacial score (nSPS) is 10.5. The number of hydrogen-bond donors (Lipinski definition) is 0. The summed E-state index contributed by atoms with van der Waals surface area (Å²) in [6.45, 7) is 1.97. The molecule has 0 heterocycles. The lowest BCUT2D eigenvalue weighted by Crippen LogP contribution is -1.94.